The van der Waals surface area contributed by atoms with Crippen molar-refractivity contribution in [1.29, 1.82) is 0 Å². The molecule has 1 fully saturated rings. The molecule has 0 amide bonds. The van der Waals surface area contributed by atoms with Gasteiger partial charge in [-0.05, 0) is 25.2 Å². The SMILES string of the molecule is CCCCCCCCCCCCCC[C@H]1CO[C@H](COCCCC[n+]2ccsc2)C1. The molecule has 1 aromatic rings. The van der Waals surface area contributed by atoms with Crippen molar-refractivity contribution in [3.8, 4) is 0 Å². The lowest BCUT2D eigenvalue weighted by atomic mass is 9.97. The lowest BCUT2D eigenvalue weighted by molar-refractivity contribution is -0.692. The number of ether oxygens (including phenoxy) is 2. The van der Waals surface area contributed by atoms with E-state index in [4.69, 9.17) is 9.47 Å². The maximum absolute atomic E-state index is 5.96. The van der Waals surface area contributed by atoms with Crippen molar-refractivity contribution < 1.29 is 14.0 Å². The molecule has 174 valence electrons. The van der Waals surface area contributed by atoms with Gasteiger partial charge in [0.15, 0.2) is 6.20 Å². The van der Waals surface area contributed by atoms with Crippen molar-refractivity contribution >= 4 is 11.3 Å². The average Bonchev–Trinajstić information content (AvgIpc) is 3.43. The van der Waals surface area contributed by atoms with Crippen molar-refractivity contribution in [2.24, 2.45) is 5.92 Å². The summed E-state index contributed by atoms with van der Waals surface area (Å²) in [5.41, 5.74) is 2.17. The monoisotopic (exact) mass is 438 g/mol. The first-order valence-corrected chi connectivity index (χ1v) is 13.9. The summed E-state index contributed by atoms with van der Waals surface area (Å²) in [6, 6.07) is 0. The van der Waals surface area contributed by atoms with Gasteiger partial charge < -0.3 is 9.47 Å². The van der Waals surface area contributed by atoms with Crippen LogP contribution in [0.3, 0.4) is 0 Å². The summed E-state index contributed by atoms with van der Waals surface area (Å²) in [7, 11) is 0. The number of aryl methyl sites for hydroxylation is 1. The highest BCUT2D eigenvalue weighted by Crippen LogP contribution is 2.25. The maximum Gasteiger partial charge on any atom is 0.224 e. The topological polar surface area (TPSA) is 22.3 Å². The van der Waals surface area contributed by atoms with Gasteiger partial charge in [-0.15, -0.1) is 0 Å². The molecular weight excluding hydrogens is 390 g/mol. The number of hydrogen-bond acceptors (Lipinski definition) is 3. The van der Waals surface area contributed by atoms with Gasteiger partial charge in [0, 0.05) is 19.6 Å². The molecule has 1 aliphatic heterocycles. The van der Waals surface area contributed by atoms with Gasteiger partial charge >= 0.3 is 0 Å². The molecule has 0 aromatic carbocycles. The fraction of sp³-hybridized carbons (Fsp3) is 0.885. The molecule has 2 heterocycles. The van der Waals surface area contributed by atoms with Gasteiger partial charge in [-0.25, -0.2) is 0 Å². The van der Waals surface area contributed by atoms with E-state index in [1.54, 1.807) is 11.3 Å². The lowest BCUT2D eigenvalue weighted by Crippen LogP contribution is -2.29. The number of rotatable bonds is 20. The highest BCUT2D eigenvalue weighted by Gasteiger charge is 2.24. The summed E-state index contributed by atoms with van der Waals surface area (Å²) < 4.78 is 14.1. The van der Waals surface area contributed by atoms with Crippen LogP contribution in [0.4, 0.5) is 0 Å². The molecule has 2 rings (SSSR count). The second-order valence-electron chi connectivity index (χ2n) is 9.28. The average molecular weight is 439 g/mol. The minimum atomic E-state index is 0.346. The number of aromatic nitrogens is 1. The highest BCUT2D eigenvalue weighted by molar-refractivity contribution is 7.07. The molecule has 0 N–H and O–H groups in total. The third kappa shape index (κ3) is 13.1. The predicted molar refractivity (Wildman–Crippen MR) is 128 cm³/mol. The van der Waals surface area contributed by atoms with Crippen molar-refractivity contribution in [2.75, 3.05) is 19.8 Å². The molecule has 0 unspecified atom stereocenters. The largest absolute Gasteiger partial charge is 0.379 e. The molecular formula is C26H48NO2S+. The van der Waals surface area contributed by atoms with Gasteiger partial charge in [0.05, 0.1) is 18.1 Å². The van der Waals surface area contributed by atoms with E-state index in [1.165, 1.54) is 96.3 Å². The van der Waals surface area contributed by atoms with E-state index in [0.29, 0.717) is 6.10 Å². The summed E-state index contributed by atoms with van der Waals surface area (Å²) in [6.07, 6.45) is 24.6. The van der Waals surface area contributed by atoms with Crippen LogP contribution in [0.2, 0.25) is 0 Å². The van der Waals surface area contributed by atoms with E-state index in [1.807, 2.05) is 0 Å². The van der Waals surface area contributed by atoms with E-state index < -0.39 is 0 Å². The third-order valence-electron chi connectivity index (χ3n) is 6.42. The van der Waals surface area contributed by atoms with Gasteiger partial charge in [-0.2, -0.15) is 4.57 Å². The fourth-order valence-corrected chi connectivity index (χ4v) is 5.10. The number of unbranched alkanes of at least 4 members (excludes halogenated alkanes) is 12. The lowest BCUT2D eigenvalue weighted by Gasteiger charge is -2.10. The molecule has 1 saturated heterocycles. The molecule has 1 aliphatic rings. The predicted octanol–water partition coefficient (Wildman–Crippen LogP) is 7.33. The zero-order valence-electron chi connectivity index (χ0n) is 19.7. The fourth-order valence-electron chi connectivity index (χ4n) is 4.47. The summed E-state index contributed by atoms with van der Waals surface area (Å²) in [5.74, 6) is 0.775. The molecule has 30 heavy (non-hydrogen) atoms. The van der Waals surface area contributed by atoms with E-state index in [0.717, 1.165) is 38.7 Å². The van der Waals surface area contributed by atoms with Crippen LogP contribution in [0.5, 0.6) is 0 Å². The zero-order chi connectivity index (χ0) is 21.1. The Labute approximate surface area is 190 Å². The molecule has 0 radical (unpaired) electrons. The van der Waals surface area contributed by atoms with Crippen LogP contribution in [0.1, 0.15) is 110 Å². The summed E-state index contributed by atoms with van der Waals surface area (Å²) in [6.45, 7) is 6.02. The highest BCUT2D eigenvalue weighted by atomic mass is 32.1. The minimum Gasteiger partial charge on any atom is -0.379 e. The van der Waals surface area contributed by atoms with Crippen LogP contribution < -0.4 is 4.57 Å². The quantitative estimate of drug-likeness (QED) is 0.157. The van der Waals surface area contributed by atoms with E-state index in [9.17, 15) is 0 Å². The Morgan fingerprint density at radius 1 is 0.900 bits per heavy atom. The molecule has 4 heteroatoms. The number of nitrogens with zero attached hydrogens (tertiary/aromatic N) is 1. The molecule has 2 atom stereocenters. The Bertz CT molecular complexity index is 479. The Morgan fingerprint density at radius 3 is 2.27 bits per heavy atom. The first-order valence-electron chi connectivity index (χ1n) is 13.0. The third-order valence-corrected chi connectivity index (χ3v) is 7.09. The van der Waals surface area contributed by atoms with E-state index in [-0.39, 0.29) is 0 Å². The number of hydrogen-bond donors (Lipinski definition) is 0. The van der Waals surface area contributed by atoms with E-state index >= 15 is 0 Å². The van der Waals surface area contributed by atoms with Crippen LogP contribution in [-0.2, 0) is 16.0 Å². The summed E-state index contributed by atoms with van der Waals surface area (Å²) in [4.78, 5) is 0. The van der Waals surface area contributed by atoms with Crippen LogP contribution >= 0.6 is 11.3 Å². The van der Waals surface area contributed by atoms with Gasteiger partial charge in [0.2, 0.25) is 5.51 Å². The van der Waals surface area contributed by atoms with E-state index in [2.05, 4.69) is 28.6 Å². The molecule has 0 aliphatic carbocycles. The molecule has 0 spiro atoms. The maximum atomic E-state index is 5.96. The summed E-state index contributed by atoms with van der Waals surface area (Å²) >= 11 is 1.75. The molecule has 0 saturated carbocycles. The minimum absolute atomic E-state index is 0.346. The molecule has 1 aromatic heterocycles. The smallest absolute Gasteiger partial charge is 0.224 e. The Balaban J connectivity index is 1.30. The van der Waals surface area contributed by atoms with Crippen LogP contribution in [0, 0.1) is 5.92 Å². The standard InChI is InChI=1S/C26H48NO2S/c1-2-3-4-5-6-7-8-9-10-11-12-13-16-25-21-26(29-22-25)23-28-19-15-14-17-27-18-20-30-24-27/h18,20,24-26H,2-17,19,21-23H2,1H3/q+1/t25-,26+/m1/s1. The van der Waals surface area contributed by atoms with Crippen molar-refractivity contribution in [3.63, 3.8) is 0 Å². The zero-order valence-corrected chi connectivity index (χ0v) is 20.5. The first kappa shape index (κ1) is 25.8. The molecule has 0 bridgehead atoms. The van der Waals surface area contributed by atoms with Crippen molar-refractivity contribution in [3.05, 3.63) is 17.1 Å². The van der Waals surface area contributed by atoms with Crippen LogP contribution in [0.25, 0.3) is 0 Å². The Morgan fingerprint density at radius 2 is 1.60 bits per heavy atom. The van der Waals surface area contributed by atoms with Gasteiger partial charge in [0.25, 0.3) is 0 Å². The van der Waals surface area contributed by atoms with Gasteiger partial charge in [-0.1, -0.05) is 95.3 Å². The van der Waals surface area contributed by atoms with Gasteiger partial charge in [-0.3, -0.25) is 0 Å². The van der Waals surface area contributed by atoms with Crippen molar-refractivity contribution in [2.45, 2.75) is 122 Å². The first-order chi connectivity index (χ1) is 14.9. The second kappa shape index (κ2) is 18.2. The van der Waals surface area contributed by atoms with Crippen LogP contribution in [0.15, 0.2) is 17.1 Å². The Hall–Kier alpha value is -0.450. The second-order valence-corrected chi connectivity index (χ2v) is 10.0. The summed E-state index contributed by atoms with van der Waals surface area (Å²) in [5, 5.41) is 2.13. The molecule has 3 nitrogen and oxygen atoms in total. The normalized spacial score (nSPS) is 19.0. The van der Waals surface area contributed by atoms with Gasteiger partial charge in [0.1, 0.15) is 6.54 Å². The van der Waals surface area contributed by atoms with Crippen LogP contribution in [-0.4, -0.2) is 25.9 Å². The van der Waals surface area contributed by atoms with Crippen molar-refractivity contribution in [1.82, 2.24) is 0 Å². The number of thiazole rings is 1. The Kier molecular flexibility index (Phi) is 15.6.